The number of nitrogens with zero attached hydrogens (tertiary/aromatic N) is 2. The van der Waals surface area contributed by atoms with Gasteiger partial charge in [-0.05, 0) is 24.6 Å². The second-order valence-corrected chi connectivity index (χ2v) is 6.46. The fraction of sp³-hybridized carbons (Fsp3) is 0.467. The SMILES string of the molecule is CCCCC(Sc1nc2cc(Cl)ccc2n1C)C(=O)OC. The standard InChI is InChI=1S/C15H19ClN2O2S/c1-4-5-6-13(14(19)20-3)21-15-17-11-9-10(16)7-8-12(11)18(15)2/h7-9,13H,4-6H2,1-3H3. The van der Waals surface area contributed by atoms with E-state index in [1.54, 1.807) is 0 Å². The fourth-order valence-electron chi connectivity index (χ4n) is 2.13. The van der Waals surface area contributed by atoms with Crippen LogP contribution in [0.15, 0.2) is 23.4 Å². The van der Waals surface area contributed by atoms with Crippen LogP contribution in [-0.2, 0) is 16.6 Å². The summed E-state index contributed by atoms with van der Waals surface area (Å²) in [5.41, 5.74) is 1.84. The van der Waals surface area contributed by atoms with Gasteiger partial charge in [-0.2, -0.15) is 0 Å². The molecule has 0 N–H and O–H groups in total. The summed E-state index contributed by atoms with van der Waals surface area (Å²) in [5.74, 6) is -0.196. The molecule has 1 aromatic carbocycles. The summed E-state index contributed by atoms with van der Waals surface area (Å²) < 4.78 is 6.88. The number of ether oxygens (including phenoxy) is 1. The summed E-state index contributed by atoms with van der Waals surface area (Å²) in [6.45, 7) is 2.11. The summed E-state index contributed by atoms with van der Waals surface area (Å²) >= 11 is 7.45. The molecule has 0 bridgehead atoms. The Balaban J connectivity index is 2.27. The third-order valence-corrected chi connectivity index (χ3v) is 4.86. The summed E-state index contributed by atoms with van der Waals surface area (Å²) in [4.78, 5) is 16.5. The summed E-state index contributed by atoms with van der Waals surface area (Å²) in [6, 6.07) is 5.61. The highest BCUT2D eigenvalue weighted by atomic mass is 35.5. The molecular formula is C15H19ClN2O2S. The molecule has 0 aliphatic heterocycles. The number of unbranched alkanes of at least 4 members (excludes halogenated alkanes) is 1. The van der Waals surface area contributed by atoms with Gasteiger partial charge in [-0.25, -0.2) is 4.98 Å². The highest BCUT2D eigenvalue weighted by molar-refractivity contribution is 8.00. The Kier molecular flexibility index (Phi) is 5.53. The van der Waals surface area contributed by atoms with Crippen LogP contribution in [0.3, 0.4) is 0 Å². The van der Waals surface area contributed by atoms with Crippen molar-refractivity contribution in [2.45, 2.75) is 36.6 Å². The molecule has 1 heterocycles. The minimum atomic E-state index is -0.221. The summed E-state index contributed by atoms with van der Waals surface area (Å²) in [6.07, 6.45) is 2.83. The zero-order valence-corrected chi connectivity index (χ0v) is 14.0. The number of aryl methyl sites for hydroxylation is 1. The van der Waals surface area contributed by atoms with Crippen molar-refractivity contribution in [3.05, 3.63) is 23.2 Å². The van der Waals surface area contributed by atoms with Crippen molar-refractivity contribution in [3.63, 3.8) is 0 Å². The number of rotatable bonds is 6. The first-order valence-electron chi connectivity index (χ1n) is 6.93. The van der Waals surface area contributed by atoms with Gasteiger partial charge in [0.2, 0.25) is 0 Å². The lowest BCUT2D eigenvalue weighted by Crippen LogP contribution is -2.19. The highest BCUT2D eigenvalue weighted by Gasteiger charge is 2.23. The van der Waals surface area contributed by atoms with Gasteiger partial charge in [0, 0.05) is 12.1 Å². The molecule has 2 aromatic rings. The van der Waals surface area contributed by atoms with Crippen LogP contribution in [0.4, 0.5) is 0 Å². The monoisotopic (exact) mass is 326 g/mol. The summed E-state index contributed by atoms with van der Waals surface area (Å²) in [7, 11) is 3.37. The number of benzene rings is 1. The van der Waals surface area contributed by atoms with Crippen LogP contribution in [0, 0.1) is 0 Å². The molecule has 1 atom stereocenters. The Labute approximate surface area is 133 Å². The van der Waals surface area contributed by atoms with Gasteiger partial charge in [-0.1, -0.05) is 43.1 Å². The minimum absolute atomic E-state index is 0.196. The number of carbonyl (C=O) groups excluding carboxylic acids is 1. The van der Waals surface area contributed by atoms with Crippen LogP contribution in [0.25, 0.3) is 11.0 Å². The number of halogens is 1. The number of methoxy groups -OCH3 is 1. The van der Waals surface area contributed by atoms with Crippen molar-refractivity contribution in [2.24, 2.45) is 7.05 Å². The van der Waals surface area contributed by atoms with E-state index in [2.05, 4.69) is 11.9 Å². The second kappa shape index (κ2) is 7.18. The molecule has 1 unspecified atom stereocenters. The number of hydrogen-bond acceptors (Lipinski definition) is 4. The smallest absolute Gasteiger partial charge is 0.319 e. The van der Waals surface area contributed by atoms with E-state index in [0.29, 0.717) is 5.02 Å². The Morgan fingerprint density at radius 1 is 1.52 bits per heavy atom. The molecule has 0 spiro atoms. The van der Waals surface area contributed by atoms with Crippen molar-refractivity contribution in [3.8, 4) is 0 Å². The number of thioether (sulfide) groups is 1. The zero-order valence-electron chi connectivity index (χ0n) is 12.4. The van der Waals surface area contributed by atoms with Crippen LogP contribution in [0.1, 0.15) is 26.2 Å². The number of hydrogen-bond donors (Lipinski definition) is 0. The van der Waals surface area contributed by atoms with E-state index >= 15 is 0 Å². The number of carbonyl (C=O) groups is 1. The predicted octanol–water partition coefficient (Wildman–Crippen LogP) is 4.05. The lowest BCUT2D eigenvalue weighted by Gasteiger charge is -2.13. The Morgan fingerprint density at radius 3 is 2.95 bits per heavy atom. The van der Waals surface area contributed by atoms with Gasteiger partial charge < -0.3 is 9.30 Å². The molecule has 4 nitrogen and oxygen atoms in total. The Hall–Kier alpha value is -1.20. The normalized spacial score (nSPS) is 12.6. The van der Waals surface area contributed by atoms with Crippen molar-refractivity contribution < 1.29 is 9.53 Å². The van der Waals surface area contributed by atoms with E-state index in [9.17, 15) is 4.79 Å². The van der Waals surface area contributed by atoms with E-state index in [4.69, 9.17) is 16.3 Å². The molecular weight excluding hydrogens is 308 g/mol. The fourth-order valence-corrected chi connectivity index (χ4v) is 3.43. The molecule has 0 aliphatic carbocycles. The van der Waals surface area contributed by atoms with Gasteiger partial charge in [-0.15, -0.1) is 0 Å². The molecule has 0 radical (unpaired) electrons. The van der Waals surface area contributed by atoms with E-state index in [1.165, 1.54) is 18.9 Å². The van der Waals surface area contributed by atoms with Gasteiger partial charge >= 0.3 is 5.97 Å². The third-order valence-electron chi connectivity index (χ3n) is 3.33. The van der Waals surface area contributed by atoms with Gasteiger partial charge in [0.15, 0.2) is 5.16 Å². The number of aromatic nitrogens is 2. The maximum Gasteiger partial charge on any atom is 0.319 e. The molecule has 2 rings (SSSR count). The first-order chi connectivity index (χ1) is 10.1. The van der Waals surface area contributed by atoms with Crippen LogP contribution in [0.5, 0.6) is 0 Å². The molecule has 21 heavy (non-hydrogen) atoms. The largest absolute Gasteiger partial charge is 0.468 e. The maximum atomic E-state index is 11.9. The second-order valence-electron chi connectivity index (χ2n) is 4.86. The van der Waals surface area contributed by atoms with Crippen LogP contribution in [-0.4, -0.2) is 27.9 Å². The predicted molar refractivity (Wildman–Crippen MR) is 86.9 cm³/mol. The average Bonchev–Trinajstić information content (AvgIpc) is 2.78. The first-order valence-corrected chi connectivity index (χ1v) is 8.19. The molecule has 0 aliphatic rings. The molecule has 0 fully saturated rings. The van der Waals surface area contributed by atoms with E-state index in [1.807, 2.05) is 29.8 Å². The zero-order chi connectivity index (χ0) is 15.4. The number of imidazole rings is 1. The van der Waals surface area contributed by atoms with Gasteiger partial charge in [0.1, 0.15) is 5.25 Å². The summed E-state index contributed by atoms with van der Waals surface area (Å²) in [5, 5.41) is 1.24. The molecule has 1 aromatic heterocycles. The number of fused-ring (bicyclic) bond motifs is 1. The molecule has 0 saturated carbocycles. The molecule has 0 amide bonds. The van der Waals surface area contributed by atoms with Crippen molar-refractivity contribution >= 4 is 40.4 Å². The lowest BCUT2D eigenvalue weighted by atomic mass is 10.2. The molecule has 0 saturated heterocycles. The van der Waals surface area contributed by atoms with Crippen molar-refractivity contribution in [2.75, 3.05) is 7.11 Å². The van der Waals surface area contributed by atoms with Gasteiger partial charge in [0.25, 0.3) is 0 Å². The van der Waals surface area contributed by atoms with Crippen LogP contribution in [0.2, 0.25) is 5.02 Å². The first kappa shape index (κ1) is 16.2. The van der Waals surface area contributed by atoms with Gasteiger partial charge in [0.05, 0.1) is 18.1 Å². The molecule has 6 heteroatoms. The van der Waals surface area contributed by atoms with Crippen LogP contribution >= 0.6 is 23.4 Å². The van der Waals surface area contributed by atoms with E-state index < -0.39 is 0 Å². The molecule has 114 valence electrons. The topological polar surface area (TPSA) is 44.1 Å². The quantitative estimate of drug-likeness (QED) is 0.593. The average molecular weight is 327 g/mol. The maximum absolute atomic E-state index is 11.9. The van der Waals surface area contributed by atoms with E-state index in [0.717, 1.165) is 35.5 Å². The van der Waals surface area contributed by atoms with Crippen LogP contribution < -0.4 is 0 Å². The Bertz CT molecular complexity index is 642. The van der Waals surface area contributed by atoms with Gasteiger partial charge in [-0.3, -0.25) is 4.79 Å². The lowest BCUT2D eigenvalue weighted by molar-refractivity contribution is -0.140. The van der Waals surface area contributed by atoms with Crippen molar-refractivity contribution in [1.29, 1.82) is 0 Å². The Morgan fingerprint density at radius 2 is 2.29 bits per heavy atom. The third kappa shape index (κ3) is 3.71. The minimum Gasteiger partial charge on any atom is -0.468 e. The van der Waals surface area contributed by atoms with Crippen molar-refractivity contribution in [1.82, 2.24) is 9.55 Å². The number of esters is 1. The highest BCUT2D eigenvalue weighted by Crippen LogP contribution is 2.30. The van der Waals surface area contributed by atoms with E-state index in [-0.39, 0.29) is 11.2 Å².